The Morgan fingerprint density at radius 3 is 2.89 bits per heavy atom. The van der Waals surface area contributed by atoms with E-state index in [-0.39, 0.29) is 0 Å². The van der Waals surface area contributed by atoms with Gasteiger partial charge in [-0.05, 0) is 42.3 Å². The Kier molecular flexibility index (Phi) is 4.41. The number of hydrogen-bond donors (Lipinski definition) is 1. The maximum Gasteiger partial charge on any atom is 0.0474 e. The number of aryl methyl sites for hydroxylation is 1. The largest absolute Gasteiger partial charge is 0.385 e. The van der Waals surface area contributed by atoms with Crippen molar-refractivity contribution in [2.75, 3.05) is 20.3 Å². The van der Waals surface area contributed by atoms with Gasteiger partial charge in [0.25, 0.3) is 0 Å². The molecule has 0 saturated heterocycles. The van der Waals surface area contributed by atoms with Crippen LogP contribution < -0.4 is 5.32 Å². The lowest BCUT2D eigenvalue weighted by atomic mass is 9.70. The minimum atomic E-state index is 0.335. The van der Waals surface area contributed by atoms with E-state index in [9.17, 15) is 0 Å². The van der Waals surface area contributed by atoms with Crippen molar-refractivity contribution in [3.63, 3.8) is 0 Å². The van der Waals surface area contributed by atoms with E-state index in [0.717, 1.165) is 19.6 Å². The maximum atomic E-state index is 5.11. The number of benzene rings is 1. The van der Waals surface area contributed by atoms with Crippen LogP contribution in [0.5, 0.6) is 0 Å². The second kappa shape index (κ2) is 5.85. The molecule has 0 aliphatic heterocycles. The van der Waals surface area contributed by atoms with Gasteiger partial charge in [0, 0.05) is 19.8 Å². The van der Waals surface area contributed by atoms with Gasteiger partial charge in [0.2, 0.25) is 0 Å². The fourth-order valence-corrected chi connectivity index (χ4v) is 2.91. The summed E-state index contributed by atoms with van der Waals surface area (Å²) in [5, 5.41) is 3.72. The van der Waals surface area contributed by atoms with E-state index in [1.165, 1.54) is 24.0 Å². The summed E-state index contributed by atoms with van der Waals surface area (Å²) < 4.78 is 5.11. The molecule has 1 N–H and O–H groups in total. The fourth-order valence-electron chi connectivity index (χ4n) is 2.91. The van der Waals surface area contributed by atoms with Gasteiger partial charge in [-0.2, -0.15) is 0 Å². The third-order valence-corrected chi connectivity index (χ3v) is 4.06. The third kappa shape index (κ3) is 2.93. The van der Waals surface area contributed by atoms with E-state index >= 15 is 0 Å². The molecule has 0 aromatic heterocycles. The molecule has 0 fully saturated rings. The van der Waals surface area contributed by atoms with E-state index in [2.05, 4.69) is 43.4 Å². The van der Waals surface area contributed by atoms with Crippen molar-refractivity contribution in [3.05, 3.63) is 35.4 Å². The van der Waals surface area contributed by atoms with Crippen molar-refractivity contribution in [1.82, 2.24) is 5.32 Å². The number of hydrogen-bond acceptors (Lipinski definition) is 2. The lowest BCUT2D eigenvalue weighted by molar-refractivity contribution is 0.178. The molecular formula is C16H25NO. The van der Waals surface area contributed by atoms with Crippen molar-refractivity contribution in [2.45, 2.75) is 39.2 Å². The van der Waals surface area contributed by atoms with Crippen molar-refractivity contribution >= 4 is 0 Å². The first-order valence-corrected chi connectivity index (χ1v) is 6.95. The highest BCUT2D eigenvalue weighted by Crippen LogP contribution is 2.43. The molecule has 100 valence electrons. The molecule has 0 amide bonds. The first-order chi connectivity index (χ1) is 8.65. The van der Waals surface area contributed by atoms with E-state index in [0.29, 0.717) is 11.5 Å². The van der Waals surface area contributed by atoms with Gasteiger partial charge in [-0.25, -0.2) is 0 Å². The summed E-state index contributed by atoms with van der Waals surface area (Å²) in [6.07, 6.45) is 3.54. The third-order valence-electron chi connectivity index (χ3n) is 4.06. The first-order valence-electron chi connectivity index (χ1n) is 6.95. The lowest BCUT2D eigenvalue weighted by Crippen LogP contribution is -2.38. The molecular weight excluding hydrogens is 222 g/mol. The molecule has 1 aliphatic rings. The Bertz CT molecular complexity index is 386. The van der Waals surface area contributed by atoms with Gasteiger partial charge in [0.1, 0.15) is 0 Å². The van der Waals surface area contributed by atoms with Crippen LogP contribution in [0.4, 0.5) is 0 Å². The molecule has 0 heterocycles. The molecule has 18 heavy (non-hydrogen) atoms. The maximum absolute atomic E-state index is 5.11. The molecule has 1 atom stereocenters. The Hall–Kier alpha value is -0.860. The zero-order chi connectivity index (χ0) is 13.0. The highest BCUT2D eigenvalue weighted by atomic mass is 16.5. The van der Waals surface area contributed by atoms with E-state index < -0.39 is 0 Å². The molecule has 2 nitrogen and oxygen atoms in total. The second-order valence-corrected chi connectivity index (χ2v) is 5.92. The van der Waals surface area contributed by atoms with Crippen LogP contribution >= 0.6 is 0 Å². The molecule has 1 unspecified atom stereocenters. The van der Waals surface area contributed by atoms with Crippen molar-refractivity contribution in [3.8, 4) is 0 Å². The predicted octanol–water partition coefficient (Wildman–Crippen LogP) is 3.33. The monoisotopic (exact) mass is 247 g/mol. The normalized spacial score (nSPS) is 21.6. The summed E-state index contributed by atoms with van der Waals surface area (Å²) >= 11 is 0. The Balaban J connectivity index is 2.09. The quantitative estimate of drug-likeness (QED) is 0.806. The minimum Gasteiger partial charge on any atom is -0.385 e. The number of methoxy groups -OCH3 is 1. The average molecular weight is 247 g/mol. The predicted molar refractivity (Wildman–Crippen MR) is 75.8 cm³/mol. The Morgan fingerprint density at radius 1 is 1.33 bits per heavy atom. The molecule has 0 radical (unpaired) electrons. The van der Waals surface area contributed by atoms with E-state index in [4.69, 9.17) is 4.74 Å². The van der Waals surface area contributed by atoms with Crippen LogP contribution in [0.25, 0.3) is 0 Å². The second-order valence-electron chi connectivity index (χ2n) is 5.92. The topological polar surface area (TPSA) is 21.3 Å². The Labute approximate surface area is 111 Å². The highest BCUT2D eigenvalue weighted by molar-refractivity contribution is 5.34. The molecule has 0 spiro atoms. The van der Waals surface area contributed by atoms with Gasteiger partial charge in [-0.15, -0.1) is 0 Å². The molecule has 0 saturated carbocycles. The summed E-state index contributed by atoms with van der Waals surface area (Å²) in [6, 6.07) is 9.33. The van der Waals surface area contributed by atoms with Gasteiger partial charge in [-0.1, -0.05) is 38.1 Å². The minimum absolute atomic E-state index is 0.335. The van der Waals surface area contributed by atoms with Crippen LogP contribution in [0.2, 0.25) is 0 Å². The lowest BCUT2D eigenvalue weighted by Gasteiger charge is -2.40. The van der Waals surface area contributed by atoms with Crippen LogP contribution in [0.3, 0.4) is 0 Å². The zero-order valence-electron chi connectivity index (χ0n) is 11.8. The van der Waals surface area contributed by atoms with Gasteiger partial charge < -0.3 is 10.1 Å². The average Bonchev–Trinajstić information content (AvgIpc) is 2.36. The van der Waals surface area contributed by atoms with Gasteiger partial charge in [0.15, 0.2) is 0 Å². The fraction of sp³-hybridized carbons (Fsp3) is 0.625. The van der Waals surface area contributed by atoms with Crippen LogP contribution in [-0.2, 0) is 11.2 Å². The zero-order valence-corrected chi connectivity index (χ0v) is 11.8. The summed E-state index contributed by atoms with van der Waals surface area (Å²) in [4.78, 5) is 0. The SMILES string of the molecule is COCCCNC1c2ccccc2CCC1(C)C. The van der Waals surface area contributed by atoms with Crippen molar-refractivity contribution in [2.24, 2.45) is 5.41 Å². The molecule has 2 rings (SSSR count). The number of rotatable bonds is 5. The molecule has 2 heteroatoms. The van der Waals surface area contributed by atoms with Crippen LogP contribution in [0.1, 0.15) is 43.9 Å². The van der Waals surface area contributed by atoms with Crippen molar-refractivity contribution < 1.29 is 4.74 Å². The first kappa shape index (κ1) is 13.6. The van der Waals surface area contributed by atoms with Crippen LogP contribution in [0, 0.1) is 5.41 Å². The van der Waals surface area contributed by atoms with Crippen LogP contribution in [-0.4, -0.2) is 20.3 Å². The van der Waals surface area contributed by atoms with Crippen molar-refractivity contribution in [1.29, 1.82) is 0 Å². The Morgan fingerprint density at radius 2 is 2.11 bits per heavy atom. The van der Waals surface area contributed by atoms with Gasteiger partial charge in [-0.3, -0.25) is 0 Å². The van der Waals surface area contributed by atoms with Crippen LogP contribution in [0.15, 0.2) is 24.3 Å². The van der Waals surface area contributed by atoms with E-state index in [1.807, 2.05) is 0 Å². The number of fused-ring (bicyclic) bond motifs is 1. The standard InChI is InChI=1S/C16H25NO/c1-16(2)10-9-13-7-4-5-8-14(13)15(16)17-11-6-12-18-3/h4-5,7-8,15,17H,6,9-12H2,1-3H3. The van der Waals surface area contributed by atoms with E-state index in [1.54, 1.807) is 7.11 Å². The number of ether oxygens (including phenoxy) is 1. The summed E-state index contributed by atoms with van der Waals surface area (Å²) in [6.45, 7) is 6.60. The number of nitrogens with one attached hydrogen (secondary N) is 1. The molecule has 0 bridgehead atoms. The highest BCUT2D eigenvalue weighted by Gasteiger charge is 2.34. The van der Waals surface area contributed by atoms with Gasteiger partial charge >= 0.3 is 0 Å². The summed E-state index contributed by atoms with van der Waals surface area (Å²) in [7, 11) is 1.76. The smallest absolute Gasteiger partial charge is 0.0474 e. The molecule has 1 aromatic carbocycles. The summed E-state index contributed by atoms with van der Waals surface area (Å²) in [5.74, 6) is 0. The summed E-state index contributed by atoms with van der Waals surface area (Å²) in [5.41, 5.74) is 3.34. The van der Waals surface area contributed by atoms with Gasteiger partial charge in [0.05, 0.1) is 0 Å². The molecule has 1 aliphatic carbocycles. The molecule has 1 aromatic rings.